The van der Waals surface area contributed by atoms with Gasteiger partial charge < -0.3 is 9.42 Å². The van der Waals surface area contributed by atoms with Crippen LogP contribution in [0.15, 0.2) is 34.9 Å². The molecule has 0 unspecified atom stereocenters. The molecule has 0 bridgehead atoms. The van der Waals surface area contributed by atoms with E-state index in [1.54, 1.807) is 6.92 Å². The van der Waals surface area contributed by atoms with Gasteiger partial charge in [-0.15, -0.1) is 0 Å². The monoisotopic (exact) mass is 273 g/mol. The summed E-state index contributed by atoms with van der Waals surface area (Å²) in [6, 6.07) is 10.1. The zero-order chi connectivity index (χ0) is 14.5. The number of amides is 1. The summed E-state index contributed by atoms with van der Waals surface area (Å²) in [5.74, 6) is 0.908. The second-order valence-corrected chi connectivity index (χ2v) is 5.01. The number of carbonyl (C=O) groups is 1. The first-order valence-corrected chi connectivity index (χ1v) is 6.69. The van der Waals surface area contributed by atoms with E-state index in [4.69, 9.17) is 4.52 Å². The Hall–Kier alpha value is -2.17. The van der Waals surface area contributed by atoms with Gasteiger partial charge in [0, 0.05) is 12.6 Å². The highest BCUT2D eigenvalue weighted by atomic mass is 16.5. The molecule has 0 radical (unpaired) electrons. The lowest BCUT2D eigenvalue weighted by Gasteiger charge is -2.26. The van der Waals surface area contributed by atoms with Crippen LogP contribution < -0.4 is 0 Å². The number of hydrogen-bond acceptors (Lipinski definition) is 4. The third-order valence-electron chi connectivity index (χ3n) is 3.01. The van der Waals surface area contributed by atoms with Gasteiger partial charge in [0.2, 0.25) is 11.8 Å². The predicted molar refractivity (Wildman–Crippen MR) is 74.9 cm³/mol. The van der Waals surface area contributed by atoms with E-state index in [1.807, 2.05) is 49.1 Å². The quantitative estimate of drug-likeness (QED) is 0.839. The molecule has 0 aliphatic rings. The van der Waals surface area contributed by atoms with E-state index < -0.39 is 0 Å². The van der Waals surface area contributed by atoms with Crippen molar-refractivity contribution in [2.45, 2.75) is 39.8 Å². The molecule has 1 amide bonds. The lowest BCUT2D eigenvalue weighted by molar-refractivity contribution is -0.133. The molecule has 2 rings (SSSR count). The van der Waals surface area contributed by atoms with Crippen molar-refractivity contribution >= 4 is 5.91 Å². The zero-order valence-corrected chi connectivity index (χ0v) is 12.0. The van der Waals surface area contributed by atoms with E-state index in [9.17, 15) is 4.79 Å². The smallest absolute Gasteiger partial charge is 0.236 e. The van der Waals surface area contributed by atoms with Gasteiger partial charge >= 0.3 is 0 Å². The van der Waals surface area contributed by atoms with Crippen LogP contribution in [0, 0.1) is 6.92 Å². The Morgan fingerprint density at radius 1 is 1.30 bits per heavy atom. The van der Waals surface area contributed by atoms with Crippen molar-refractivity contribution < 1.29 is 9.32 Å². The minimum atomic E-state index is -0.00694. The van der Waals surface area contributed by atoms with Crippen LogP contribution in [0.2, 0.25) is 0 Å². The van der Waals surface area contributed by atoms with Gasteiger partial charge in [0.25, 0.3) is 0 Å². The lowest BCUT2D eigenvalue weighted by atomic mass is 10.1. The van der Waals surface area contributed by atoms with Gasteiger partial charge in [-0.1, -0.05) is 35.5 Å². The van der Waals surface area contributed by atoms with Crippen LogP contribution in [0.5, 0.6) is 0 Å². The fourth-order valence-electron chi connectivity index (χ4n) is 1.98. The second-order valence-electron chi connectivity index (χ2n) is 5.01. The first kappa shape index (κ1) is 14.2. The molecule has 106 valence electrons. The van der Waals surface area contributed by atoms with Gasteiger partial charge in [-0.2, -0.15) is 4.98 Å². The summed E-state index contributed by atoms with van der Waals surface area (Å²) in [7, 11) is 0. The van der Waals surface area contributed by atoms with Crippen molar-refractivity contribution in [2.24, 2.45) is 0 Å². The van der Waals surface area contributed by atoms with Crippen molar-refractivity contribution in [3.05, 3.63) is 47.6 Å². The molecule has 0 saturated heterocycles. The Balaban J connectivity index is 2.06. The van der Waals surface area contributed by atoms with Crippen LogP contribution in [0.1, 0.15) is 31.1 Å². The number of carbonyl (C=O) groups excluding carboxylic acids is 1. The average molecular weight is 273 g/mol. The highest BCUT2D eigenvalue weighted by Gasteiger charge is 2.20. The summed E-state index contributed by atoms with van der Waals surface area (Å²) in [4.78, 5) is 18.3. The summed E-state index contributed by atoms with van der Waals surface area (Å²) in [6.07, 6.45) is 0.145. The average Bonchev–Trinajstić information content (AvgIpc) is 2.82. The van der Waals surface area contributed by atoms with Gasteiger partial charge in [0.15, 0.2) is 5.82 Å². The molecule has 0 N–H and O–H groups in total. The summed E-state index contributed by atoms with van der Waals surface area (Å²) >= 11 is 0. The maximum atomic E-state index is 12.4. The highest BCUT2D eigenvalue weighted by molar-refractivity contribution is 5.78. The van der Waals surface area contributed by atoms with Crippen LogP contribution in [0.4, 0.5) is 0 Å². The standard InChI is InChI=1S/C15H19N3O2/c1-11(2)18(10-13-7-5-4-6-8-13)15(19)9-14-16-12(3)17-20-14/h4-8,11H,9-10H2,1-3H3. The van der Waals surface area contributed by atoms with Crippen LogP contribution in [-0.4, -0.2) is 27.0 Å². The molecular formula is C15H19N3O2. The number of nitrogens with zero attached hydrogens (tertiary/aromatic N) is 3. The molecule has 0 aliphatic carbocycles. The zero-order valence-electron chi connectivity index (χ0n) is 12.0. The minimum Gasteiger partial charge on any atom is -0.339 e. The fraction of sp³-hybridized carbons (Fsp3) is 0.400. The molecular weight excluding hydrogens is 254 g/mol. The van der Waals surface area contributed by atoms with E-state index in [0.717, 1.165) is 5.56 Å². The maximum absolute atomic E-state index is 12.4. The topological polar surface area (TPSA) is 59.2 Å². The first-order chi connectivity index (χ1) is 9.56. The van der Waals surface area contributed by atoms with E-state index in [-0.39, 0.29) is 18.4 Å². The Kier molecular flexibility index (Phi) is 4.50. The van der Waals surface area contributed by atoms with E-state index >= 15 is 0 Å². The van der Waals surface area contributed by atoms with Crippen LogP contribution in [-0.2, 0) is 17.8 Å². The minimum absolute atomic E-state index is 0.00694. The van der Waals surface area contributed by atoms with Crippen LogP contribution in [0.25, 0.3) is 0 Å². The van der Waals surface area contributed by atoms with Crippen molar-refractivity contribution in [2.75, 3.05) is 0 Å². The molecule has 5 heteroatoms. The highest BCUT2D eigenvalue weighted by Crippen LogP contribution is 2.11. The molecule has 2 aromatic rings. The van der Waals surface area contributed by atoms with Gasteiger partial charge in [0.1, 0.15) is 6.42 Å². The van der Waals surface area contributed by atoms with Crippen LogP contribution >= 0.6 is 0 Å². The fourth-order valence-corrected chi connectivity index (χ4v) is 1.98. The molecule has 5 nitrogen and oxygen atoms in total. The van der Waals surface area contributed by atoms with E-state index in [1.165, 1.54) is 0 Å². The summed E-state index contributed by atoms with van der Waals surface area (Å²) < 4.78 is 5.01. The predicted octanol–water partition coefficient (Wildman–Crippen LogP) is 2.36. The SMILES string of the molecule is Cc1noc(CC(=O)N(Cc2ccccc2)C(C)C)n1. The molecule has 0 fully saturated rings. The van der Waals surface area contributed by atoms with Gasteiger partial charge in [0.05, 0.1) is 0 Å². The number of rotatable bonds is 5. The third-order valence-corrected chi connectivity index (χ3v) is 3.01. The number of aryl methyl sites for hydroxylation is 1. The molecule has 0 atom stereocenters. The van der Waals surface area contributed by atoms with E-state index in [0.29, 0.717) is 18.3 Å². The molecule has 20 heavy (non-hydrogen) atoms. The summed E-state index contributed by atoms with van der Waals surface area (Å²) in [6.45, 7) is 6.33. The van der Waals surface area contributed by atoms with Crippen LogP contribution in [0.3, 0.4) is 0 Å². The molecule has 0 spiro atoms. The molecule has 0 aliphatic heterocycles. The second kappa shape index (κ2) is 6.32. The Bertz CT molecular complexity index is 564. The Morgan fingerprint density at radius 3 is 2.55 bits per heavy atom. The van der Waals surface area contributed by atoms with Gasteiger partial charge in [-0.05, 0) is 26.3 Å². The maximum Gasteiger partial charge on any atom is 0.236 e. The molecule has 1 aromatic heterocycles. The van der Waals surface area contributed by atoms with Crippen molar-refractivity contribution in [1.29, 1.82) is 0 Å². The third kappa shape index (κ3) is 3.66. The largest absolute Gasteiger partial charge is 0.339 e. The summed E-state index contributed by atoms with van der Waals surface area (Å²) in [5.41, 5.74) is 1.11. The number of benzene rings is 1. The van der Waals surface area contributed by atoms with Gasteiger partial charge in [-0.3, -0.25) is 4.79 Å². The van der Waals surface area contributed by atoms with Crippen molar-refractivity contribution in [3.8, 4) is 0 Å². The van der Waals surface area contributed by atoms with E-state index in [2.05, 4.69) is 10.1 Å². The molecule has 0 saturated carbocycles. The normalized spacial score (nSPS) is 10.8. The molecule has 1 heterocycles. The summed E-state index contributed by atoms with van der Waals surface area (Å²) in [5, 5.41) is 3.70. The number of hydrogen-bond donors (Lipinski definition) is 0. The Morgan fingerprint density at radius 2 is 2.00 bits per heavy atom. The Labute approximate surface area is 118 Å². The van der Waals surface area contributed by atoms with Crippen molar-refractivity contribution in [3.63, 3.8) is 0 Å². The number of aromatic nitrogens is 2. The first-order valence-electron chi connectivity index (χ1n) is 6.69. The van der Waals surface area contributed by atoms with Crippen molar-refractivity contribution in [1.82, 2.24) is 15.0 Å². The lowest BCUT2D eigenvalue weighted by Crippen LogP contribution is -2.37. The van der Waals surface area contributed by atoms with Gasteiger partial charge in [-0.25, -0.2) is 0 Å². The molecule has 1 aromatic carbocycles.